The van der Waals surface area contributed by atoms with Gasteiger partial charge in [-0.25, -0.2) is 9.97 Å². The van der Waals surface area contributed by atoms with Crippen molar-refractivity contribution in [1.82, 2.24) is 9.97 Å². The van der Waals surface area contributed by atoms with E-state index in [1.165, 1.54) is 17.7 Å². The van der Waals surface area contributed by atoms with Gasteiger partial charge >= 0.3 is 0 Å². The molecule has 0 unspecified atom stereocenters. The summed E-state index contributed by atoms with van der Waals surface area (Å²) >= 11 is 4.89. The zero-order valence-corrected chi connectivity index (χ0v) is 18.4. The van der Waals surface area contributed by atoms with Crippen LogP contribution in [0.25, 0.3) is 20.7 Å². The Hall–Kier alpha value is -3.28. The summed E-state index contributed by atoms with van der Waals surface area (Å²) in [6.45, 7) is 2.48. The maximum absolute atomic E-state index is 9.83. The van der Waals surface area contributed by atoms with Gasteiger partial charge in [-0.05, 0) is 36.8 Å². The Balaban J connectivity index is 1.75. The molecule has 0 bridgehead atoms. The lowest BCUT2D eigenvalue weighted by atomic mass is 10.1. The monoisotopic (exact) mass is 477 g/mol. The van der Waals surface area contributed by atoms with Crippen LogP contribution >= 0.6 is 27.3 Å². The Morgan fingerprint density at radius 3 is 2.90 bits per heavy atom. The van der Waals surface area contributed by atoms with Crippen LogP contribution in [0.4, 0.5) is 5.82 Å². The standard InChI is InChI=1S/C22H16BrN5OS/c1-2-29-18-9-4-3-8-16(18)20-17(11-24)19-21(30-20)22(26-13-25-19)28-27-12-14-6-5-7-15(23)10-14/h3-10,12-13H,2H2,1H3,(H,25,26,28). The Kier molecular flexibility index (Phi) is 6.02. The number of halogens is 1. The Labute approximate surface area is 186 Å². The lowest BCUT2D eigenvalue weighted by molar-refractivity contribution is 0.341. The number of nitriles is 1. The molecule has 148 valence electrons. The zero-order chi connectivity index (χ0) is 20.9. The molecular weight excluding hydrogens is 462 g/mol. The lowest BCUT2D eigenvalue weighted by Gasteiger charge is -2.08. The highest BCUT2D eigenvalue weighted by Gasteiger charge is 2.20. The SMILES string of the molecule is CCOc1ccccc1-c1sc2c(NN=Cc3cccc(Br)c3)ncnc2c1C#N. The highest BCUT2D eigenvalue weighted by molar-refractivity contribution is 9.10. The van der Waals surface area contributed by atoms with E-state index in [1.54, 1.807) is 6.21 Å². The van der Waals surface area contributed by atoms with Gasteiger partial charge in [0.05, 0.1) is 28.0 Å². The van der Waals surface area contributed by atoms with Crippen molar-refractivity contribution in [3.8, 4) is 22.3 Å². The van der Waals surface area contributed by atoms with Crippen LogP contribution in [-0.4, -0.2) is 22.8 Å². The Morgan fingerprint density at radius 1 is 1.23 bits per heavy atom. The minimum Gasteiger partial charge on any atom is -0.493 e. The van der Waals surface area contributed by atoms with Crippen LogP contribution < -0.4 is 10.2 Å². The van der Waals surface area contributed by atoms with Crippen LogP contribution in [-0.2, 0) is 0 Å². The van der Waals surface area contributed by atoms with Crippen molar-refractivity contribution in [2.24, 2.45) is 5.10 Å². The minimum atomic E-state index is 0.503. The first kappa shape index (κ1) is 20.0. The van der Waals surface area contributed by atoms with Gasteiger partial charge in [-0.15, -0.1) is 11.3 Å². The first-order chi connectivity index (χ1) is 14.7. The van der Waals surface area contributed by atoms with Gasteiger partial charge in [0.1, 0.15) is 23.7 Å². The van der Waals surface area contributed by atoms with E-state index in [1.807, 2.05) is 55.5 Å². The molecule has 6 nitrogen and oxygen atoms in total. The topological polar surface area (TPSA) is 83.2 Å². The number of benzene rings is 2. The molecule has 0 fully saturated rings. The average Bonchev–Trinajstić information content (AvgIpc) is 3.14. The van der Waals surface area contributed by atoms with Crippen molar-refractivity contribution in [3.05, 3.63) is 70.5 Å². The van der Waals surface area contributed by atoms with Crippen molar-refractivity contribution in [1.29, 1.82) is 5.26 Å². The van der Waals surface area contributed by atoms with E-state index in [4.69, 9.17) is 4.74 Å². The van der Waals surface area contributed by atoms with Gasteiger partial charge in [-0.2, -0.15) is 10.4 Å². The van der Waals surface area contributed by atoms with Gasteiger partial charge in [0.2, 0.25) is 0 Å². The van der Waals surface area contributed by atoms with Gasteiger partial charge in [-0.3, -0.25) is 5.43 Å². The fraction of sp³-hybridized carbons (Fsp3) is 0.0909. The molecule has 0 aliphatic rings. The first-order valence-electron chi connectivity index (χ1n) is 9.15. The fourth-order valence-corrected chi connectivity index (χ4v) is 4.56. The van der Waals surface area contributed by atoms with Gasteiger partial charge in [0.25, 0.3) is 0 Å². The number of fused-ring (bicyclic) bond motifs is 1. The van der Waals surface area contributed by atoms with E-state index >= 15 is 0 Å². The number of nitrogens with zero attached hydrogens (tertiary/aromatic N) is 4. The van der Waals surface area contributed by atoms with Crippen molar-refractivity contribution < 1.29 is 4.74 Å². The number of hydrogen-bond acceptors (Lipinski definition) is 7. The number of ether oxygens (including phenoxy) is 1. The van der Waals surface area contributed by atoms with Gasteiger partial charge in [0, 0.05) is 10.0 Å². The lowest BCUT2D eigenvalue weighted by Crippen LogP contribution is -1.95. The van der Waals surface area contributed by atoms with Crippen LogP contribution in [0.1, 0.15) is 18.1 Å². The molecule has 4 rings (SSSR count). The van der Waals surface area contributed by atoms with Crippen LogP contribution in [0.5, 0.6) is 5.75 Å². The van der Waals surface area contributed by atoms with Gasteiger partial charge in [0.15, 0.2) is 5.82 Å². The molecule has 2 aromatic heterocycles. The second-order valence-electron chi connectivity index (χ2n) is 6.17. The van der Waals surface area contributed by atoms with Crippen LogP contribution in [0.2, 0.25) is 0 Å². The number of hydrogen-bond donors (Lipinski definition) is 1. The van der Waals surface area contributed by atoms with Crippen LogP contribution in [0, 0.1) is 11.3 Å². The molecule has 2 aromatic carbocycles. The third-order valence-corrected chi connectivity index (χ3v) is 5.96. The predicted molar refractivity (Wildman–Crippen MR) is 124 cm³/mol. The molecule has 4 aromatic rings. The van der Waals surface area contributed by atoms with E-state index in [-0.39, 0.29) is 0 Å². The summed E-state index contributed by atoms with van der Waals surface area (Å²) in [5.41, 5.74) is 5.89. The van der Waals surface area contributed by atoms with Crippen molar-refractivity contribution in [2.75, 3.05) is 12.0 Å². The molecule has 1 N–H and O–H groups in total. The summed E-state index contributed by atoms with van der Waals surface area (Å²) in [6.07, 6.45) is 3.15. The Morgan fingerprint density at radius 2 is 2.10 bits per heavy atom. The maximum Gasteiger partial charge on any atom is 0.167 e. The molecular formula is C22H16BrN5OS. The fourth-order valence-electron chi connectivity index (χ4n) is 2.97. The normalized spacial score (nSPS) is 11.0. The molecule has 0 aliphatic carbocycles. The number of nitrogens with one attached hydrogen (secondary N) is 1. The third-order valence-electron chi connectivity index (χ3n) is 4.25. The molecule has 0 atom stereocenters. The van der Waals surface area contributed by atoms with Crippen molar-refractivity contribution in [3.63, 3.8) is 0 Å². The summed E-state index contributed by atoms with van der Waals surface area (Å²) in [5.74, 6) is 1.28. The molecule has 0 aliphatic heterocycles. The summed E-state index contributed by atoms with van der Waals surface area (Å²) in [4.78, 5) is 9.47. The van der Waals surface area contributed by atoms with Crippen LogP contribution in [0.15, 0.2) is 64.4 Å². The summed E-state index contributed by atoms with van der Waals surface area (Å²) in [6, 6.07) is 17.8. The molecule has 0 radical (unpaired) electrons. The molecule has 0 saturated carbocycles. The average molecular weight is 478 g/mol. The maximum atomic E-state index is 9.83. The van der Waals surface area contributed by atoms with E-state index in [2.05, 4.69) is 42.5 Å². The zero-order valence-electron chi connectivity index (χ0n) is 16.0. The quantitative estimate of drug-likeness (QED) is 0.278. The number of para-hydroxylation sites is 1. The second-order valence-corrected chi connectivity index (χ2v) is 8.11. The first-order valence-corrected chi connectivity index (χ1v) is 10.8. The Bertz CT molecular complexity index is 1280. The van der Waals surface area contributed by atoms with Gasteiger partial charge < -0.3 is 4.74 Å². The van der Waals surface area contributed by atoms with E-state index < -0.39 is 0 Å². The highest BCUT2D eigenvalue weighted by atomic mass is 79.9. The third kappa shape index (κ3) is 4.03. The number of aromatic nitrogens is 2. The van der Waals surface area contributed by atoms with Crippen molar-refractivity contribution in [2.45, 2.75) is 6.92 Å². The second kappa shape index (κ2) is 9.03. The summed E-state index contributed by atoms with van der Waals surface area (Å²) in [7, 11) is 0. The number of anilines is 1. The van der Waals surface area contributed by atoms with Crippen LogP contribution in [0.3, 0.4) is 0 Å². The molecule has 0 spiro atoms. The number of hydrazone groups is 1. The van der Waals surface area contributed by atoms with E-state index in [9.17, 15) is 5.26 Å². The summed E-state index contributed by atoms with van der Waals surface area (Å²) in [5, 5.41) is 14.1. The minimum absolute atomic E-state index is 0.503. The number of rotatable bonds is 6. The van der Waals surface area contributed by atoms with E-state index in [0.29, 0.717) is 23.5 Å². The molecule has 2 heterocycles. The molecule has 8 heteroatoms. The molecule has 30 heavy (non-hydrogen) atoms. The largest absolute Gasteiger partial charge is 0.493 e. The highest BCUT2D eigenvalue weighted by Crippen LogP contribution is 2.43. The van der Waals surface area contributed by atoms with Gasteiger partial charge in [-0.1, -0.05) is 40.2 Å². The van der Waals surface area contributed by atoms with E-state index in [0.717, 1.165) is 30.9 Å². The predicted octanol–water partition coefficient (Wildman–Crippen LogP) is 5.84. The molecule has 0 amide bonds. The van der Waals surface area contributed by atoms with Crippen molar-refractivity contribution >= 4 is 49.5 Å². The number of thiophene rings is 1. The molecule has 0 saturated heterocycles. The smallest absolute Gasteiger partial charge is 0.167 e. The summed E-state index contributed by atoms with van der Waals surface area (Å²) < 4.78 is 7.50.